The standard InChI is InChI=1S/C6H13FO/c1-3-4-6(2,7)5-8/h8H,3-5H2,1-2H3/t6-/m0/s1. The molecule has 0 bridgehead atoms. The normalized spacial score (nSPS) is 18.0. The lowest BCUT2D eigenvalue weighted by atomic mass is 10.0. The van der Waals surface area contributed by atoms with Crippen molar-refractivity contribution in [3.8, 4) is 0 Å². The first-order valence-corrected chi connectivity index (χ1v) is 2.92. The molecule has 0 aliphatic rings. The second-order valence-electron chi connectivity index (χ2n) is 2.32. The van der Waals surface area contributed by atoms with Crippen LogP contribution in [0.2, 0.25) is 0 Å². The van der Waals surface area contributed by atoms with E-state index in [1.807, 2.05) is 6.92 Å². The van der Waals surface area contributed by atoms with Gasteiger partial charge in [-0.1, -0.05) is 13.3 Å². The van der Waals surface area contributed by atoms with Crippen LogP contribution in [0.4, 0.5) is 4.39 Å². The summed E-state index contributed by atoms with van der Waals surface area (Å²) < 4.78 is 12.6. The molecule has 2 heteroatoms. The smallest absolute Gasteiger partial charge is 0.131 e. The summed E-state index contributed by atoms with van der Waals surface area (Å²) in [5, 5.41) is 8.35. The van der Waals surface area contributed by atoms with E-state index < -0.39 is 5.67 Å². The monoisotopic (exact) mass is 120 g/mol. The van der Waals surface area contributed by atoms with Crippen molar-refractivity contribution in [1.82, 2.24) is 0 Å². The fraction of sp³-hybridized carbons (Fsp3) is 1.00. The Kier molecular flexibility index (Phi) is 2.98. The minimum atomic E-state index is -1.35. The number of hydrogen-bond donors (Lipinski definition) is 1. The van der Waals surface area contributed by atoms with Crippen molar-refractivity contribution in [3.63, 3.8) is 0 Å². The van der Waals surface area contributed by atoms with Crippen LogP contribution in [0, 0.1) is 0 Å². The molecule has 0 aliphatic heterocycles. The topological polar surface area (TPSA) is 20.2 Å². The average molecular weight is 120 g/mol. The summed E-state index contributed by atoms with van der Waals surface area (Å²) in [6.45, 7) is 2.95. The van der Waals surface area contributed by atoms with Crippen molar-refractivity contribution >= 4 is 0 Å². The van der Waals surface area contributed by atoms with Gasteiger partial charge in [0.1, 0.15) is 5.67 Å². The van der Waals surface area contributed by atoms with E-state index in [4.69, 9.17) is 5.11 Å². The molecule has 0 aliphatic carbocycles. The molecular weight excluding hydrogens is 107 g/mol. The maximum Gasteiger partial charge on any atom is 0.131 e. The summed E-state index contributed by atoms with van der Waals surface area (Å²) >= 11 is 0. The Labute approximate surface area is 49.5 Å². The lowest BCUT2D eigenvalue weighted by molar-refractivity contribution is 0.0792. The minimum Gasteiger partial charge on any atom is -0.393 e. The molecule has 0 aromatic rings. The third-order valence-electron chi connectivity index (χ3n) is 1.10. The summed E-state index contributed by atoms with van der Waals surface area (Å²) in [6.07, 6.45) is 1.23. The highest BCUT2D eigenvalue weighted by Crippen LogP contribution is 2.15. The van der Waals surface area contributed by atoms with Gasteiger partial charge < -0.3 is 5.11 Å². The van der Waals surface area contributed by atoms with Gasteiger partial charge in [-0.25, -0.2) is 4.39 Å². The van der Waals surface area contributed by atoms with Gasteiger partial charge >= 0.3 is 0 Å². The third-order valence-corrected chi connectivity index (χ3v) is 1.10. The Balaban J connectivity index is 3.37. The molecule has 0 heterocycles. The second-order valence-corrected chi connectivity index (χ2v) is 2.32. The molecule has 0 fully saturated rings. The molecule has 0 spiro atoms. The van der Waals surface area contributed by atoms with Crippen LogP contribution in [0.25, 0.3) is 0 Å². The quantitative estimate of drug-likeness (QED) is 0.598. The van der Waals surface area contributed by atoms with Gasteiger partial charge in [0.25, 0.3) is 0 Å². The molecule has 0 saturated carbocycles. The maximum atomic E-state index is 12.6. The zero-order valence-electron chi connectivity index (χ0n) is 5.45. The highest BCUT2D eigenvalue weighted by Gasteiger charge is 2.19. The van der Waals surface area contributed by atoms with Crippen LogP contribution < -0.4 is 0 Å². The van der Waals surface area contributed by atoms with E-state index in [1.165, 1.54) is 6.92 Å². The van der Waals surface area contributed by atoms with Crippen LogP contribution in [0.5, 0.6) is 0 Å². The van der Waals surface area contributed by atoms with E-state index in [1.54, 1.807) is 0 Å². The van der Waals surface area contributed by atoms with Crippen LogP contribution in [0.1, 0.15) is 26.7 Å². The van der Waals surface area contributed by atoms with Gasteiger partial charge in [0.15, 0.2) is 0 Å². The van der Waals surface area contributed by atoms with Crippen molar-refractivity contribution in [1.29, 1.82) is 0 Å². The Morgan fingerprint density at radius 2 is 2.12 bits per heavy atom. The van der Waals surface area contributed by atoms with E-state index in [2.05, 4.69) is 0 Å². The number of aliphatic hydroxyl groups excluding tert-OH is 1. The molecule has 1 nitrogen and oxygen atoms in total. The van der Waals surface area contributed by atoms with Gasteiger partial charge in [0, 0.05) is 0 Å². The fourth-order valence-electron chi connectivity index (χ4n) is 0.600. The van der Waals surface area contributed by atoms with Crippen molar-refractivity contribution in [2.45, 2.75) is 32.4 Å². The highest BCUT2D eigenvalue weighted by molar-refractivity contribution is 4.69. The van der Waals surface area contributed by atoms with E-state index in [-0.39, 0.29) is 6.61 Å². The van der Waals surface area contributed by atoms with E-state index in [9.17, 15) is 4.39 Å². The van der Waals surface area contributed by atoms with Gasteiger partial charge in [-0.05, 0) is 13.3 Å². The van der Waals surface area contributed by atoms with E-state index in [0.29, 0.717) is 6.42 Å². The molecule has 0 radical (unpaired) electrons. The third kappa shape index (κ3) is 2.97. The predicted molar refractivity (Wildman–Crippen MR) is 31.5 cm³/mol. The number of alkyl halides is 1. The minimum absolute atomic E-state index is 0.360. The molecule has 0 unspecified atom stereocenters. The van der Waals surface area contributed by atoms with Crippen molar-refractivity contribution < 1.29 is 9.50 Å². The number of halogens is 1. The van der Waals surface area contributed by atoms with Crippen LogP contribution >= 0.6 is 0 Å². The summed E-state index contributed by atoms with van der Waals surface area (Å²) in [5.41, 5.74) is -1.35. The Morgan fingerprint density at radius 3 is 2.25 bits per heavy atom. The first-order valence-electron chi connectivity index (χ1n) is 2.92. The van der Waals surface area contributed by atoms with Crippen molar-refractivity contribution in [2.24, 2.45) is 0 Å². The van der Waals surface area contributed by atoms with Crippen LogP contribution in [0.15, 0.2) is 0 Å². The molecule has 0 aromatic carbocycles. The molecule has 0 aromatic heterocycles. The number of rotatable bonds is 3. The van der Waals surface area contributed by atoms with Crippen molar-refractivity contribution in [3.05, 3.63) is 0 Å². The van der Waals surface area contributed by atoms with E-state index in [0.717, 1.165) is 6.42 Å². The lowest BCUT2D eigenvalue weighted by Gasteiger charge is -2.14. The summed E-state index contributed by atoms with van der Waals surface area (Å²) in [6, 6.07) is 0. The number of aliphatic hydroxyl groups is 1. The molecule has 50 valence electrons. The summed E-state index contributed by atoms with van der Waals surface area (Å²) in [5.74, 6) is 0. The lowest BCUT2D eigenvalue weighted by Crippen LogP contribution is -2.22. The maximum absolute atomic E-state index is 12.6. The van der Waals surface area contributed by atoms with Gasteiger partial charge in [-0.2, -0.15) is 0 Å². The molecule has 0 saturated heterocycles. The van der Waals surface area contributed by atoms with Crippen LogP contribution in [-0.4, -0.2) is 17.4 Å². The molecule has 0 amide bonds. The molecule has 0 rings (SSSR count). The first-order chi connectivity index (χ1) is 3.62. The van der Waals surface area contributed by atoms with E-state index >= 15 is 0 Å². The summed E-state index contributed by atoms with van der Waals surface area (Å²) in [4.78, 5) is 0. The van der Waals surface area contributed by atoms with Gasteiger partial charge in [0.2, 0.25) is 0 Å². The zero-order valence-corrected chi connectivity index (χ0v) is 5.45. The predicted octanol–water partition coefficient (Wildman–Crippen LogP) is 1.51. The Morgan fingerprint density at radius 1 is 1.62 bits per heavy atom. The number of hydrogen-bond acceptors (Lipinski definition) is 1. The molecule has 8 heavy (non-hydrogen) atoms. The second kappa shape index (κ2) is 3.02. The van der Waals surface area contributed by atoms with Gasteiger partial charge in [0.05, 0.1) is 6.61 Å². The zero-order chi connectivity index (χ0) is 6.62. The highest BCUT2D eigenvalue weighted by atomic mass is 19.1. The van der Waals surface area contributed by atoms with Crippen LogP contribution in [0.3, 0.4) is 0 Å². The first kappa shape index (κ1) is 7.89. The van der Waals surface area contributed by atoms with Crippen LogP contribution in [-0.2, 0) is 0 Å². The van der Waals surface area contributed by atoms with Gasteiger partial charge in [-0.3, -0.25) is 0 Å². The Hall–Kier alpha value is -0.110. The molecule has 1 N–H and O–H groups in total. The largest absolute Gasteiger partial charge is 0.393 e. The van der Waals surface area contributed by atoms with Crippen molar-refractivity contribution in [2.75, 3.05) is 6.61 Å². The average Bonchev–Trinajstić information content (AvgIpc) is 1.67. The molecule has 1 atom stereocenters. The Bertz CT molecular complexity index is 61.5. The SMILES string of the molecule is CCC[C@](C)(F)CO. The molecular formula is C6H13FO. The fourth-order valence-corrected chi connectivity index (χ4v) is 0.600. The van der Waals surface area contributed by atoms with Gasteiger partial charge in [-0.15, -0.1) is 0 Å². The summed E-state index contributed by atoms with van der Waals surface area (Å²) in [7, 11) is 0.